The molecule has 0 aliphatic carbocycles. The van der Waals surface area contributed by atoms with E-state index in [2.05, 4.69) is 4.72 Å². The highest BCUT2D eigenvalue weighted by Gasteiger charge is 2.18. The van der Waals surface area contributed by atoms with Gasteiger partial charge in [0.05, 0.1) is 17.7 Å². The van der Waals surface area contributed by atoms with Crippen LogP contribution in [0.1, 0.15) is 0 Å². The van der Waals surface area contributed by atoms with Crippen molar-refractivity contribution in [2.75, 3.05) is 11.8 Å². The predicted octanol–water partition coefficient (Wildman–Crippen LogP) is 2.77. The molecular weight excluding hydrogens is 288 g/mol. The summed E-state index contributed by atoms with van der Waals surface area (Å²) in [6.07, 6.45) is 0. The van der Waals surface area contributed by atoms with Crippen LogP contribution in [0, 0.1) is 11.6 Å². The number of methoxy groups -OCH3 is 1. The number of halogens is 2. The molecule has 0 aliphatic rings. The number of benzene rings is 2. The quantitative estimate of drug-likeness (QED) is 0.944. The number of anilines is 1. The van der Waals surface area contributed by atoms with Crippen LogP contribution in [0.15, 0.2) is 47.4 Å². The molecule has 2 rings (SSSR count). The van der Waals surface area contributed by atoms with Crippen LogP contribution in [0.2, 0.25) is 0 Å². The highest BCUT2D eigenvalue weighted by atomic mass is 32.2. The summed E-state index contributed by atoms with van der Waals surface area (Å²) in [6, 6.07) is 8.72. The van der Waals surface area contributed by atoms with E-state index in [1.54, 1.807) is 18.2 Å². The minimum atomic E-state index is -4.02. The van der Waals surface area contributed by atoms with Crippen LogP contribution in [0.3, 0.4) is 0 Å². The molecule has 0 amide bonds. The van der Waals surface area contributed by atoms with Gasteiger partial charge in [0.15, 0.2) is 11.6 Å². The van der Waals surface area contributed by atoms with Crippen LogP contribution in [0.25, 0.3) is 0 Å². The van der Waals surface area contributed by atoms with Crippen LogP contribution in [0.5, 0.6) is 5.75 Å². The summed E-state index contributed by atoms with van der Waals surface area (Å²) in [6.45, 7) is 0. The first kappa shape index (κ1) is 14.3. The van der Waals surface area contributed by atoms with Crippen LogP contribution in [0.4, 0.5) is 14.5 Å². The first-order valence-corrected chi connectivity index (χ1v) is 7.03. The van der Waals surface area contributed by atoms with E-state index in [0.29, 0.717) is 11.8 Å². The lowest BCUT2D eigenvalue weighted by Gasteiger charge is -2.11. The van der Waals surface area contributed by atoms with Crippen molar-refractivity contribution in [1.29, 1.82) is 0 Å². The average Bonchev–Trinajstić information content (AvgIpc) is 2.42. The predicted molar refractivity (Wildman–Crippen MR) is 70.2 cm³/mol. The molecule has 0 heterocycles. The highest BCUT2D eigenvalue weighted by Crippen LogP contribution is 2.26. The number of rotatable bonds is 4. The first-order valence-electron chi connectivity index (χ1n) is 5.55. The van der Waals surface area contributed by atoms with Gasteiger partial charge in [-0.1, -0.05) is 12.1 Å². The molecule has 0 aliphatic heterocycles. The normalized spacial score (nSPS) is 11.2. The van der Waals surface area contributed by atoms with Crippen LogP contribution in [-0.2, 0) is 10.0 Å². The zero-order chi connectivity index (χ0) is 14.8. The molecule has 0 radical (unpaired) electrons. The summed E-state index contributed by atoms with van der Waals surface area (Å²) in [5.74, 6) is -2.02. The number of sulfonamides is 1. The number of nitrogens with one attached hydrogen (secondary N) is 1. The van der Waals surface area contributed by atoms with E-state index < -0.39 is 21.7 Å². The Labute approximate surface area is 115 Å². The van der Waals surface area contributed by atoms with Gasteiger partial charge in [-0.2, -0.15) is 0 Å². The Morgan fingerprint density at radius 3 is 2.40 bits per heavy atom. The maximum Gasteiger partial charge on any atom is 0.262 e. The smallest absolute Gasteiger partial charge is 0.262 e. The molecule has 0 atom stereocenters. The molecule has 2 aromatic rings. The van der Waals surface area contributed by atoms with Crippen molar-refractivity contribution >= 4 is 15.7 Å². The van der Waals surface area contributed by atoms with Crippen molar-refractivity contribution < 1.29 is 21.9 Å². The summed E-state index contributed by atoms with van der Waals surface area (Å²) in [7, 11) is -2.63. The van der Waals surface area contributed by atoms with Gasteiger partial charge in [0.25, 0.3) is 10.0 Å². The Balaban J connectivity index is 2.38. The fourth-order valence-electron chi connectivity index (χ4n) is 1.58. The summed E-state index contributed by atoms with van der Waals surface area (Å²) in [4.78, 5) is -0.373. The third kappa shape index (κ3) is 2.88. The van der Waals surface area contributed by atoms with Crippen molar-refractivity contribution in [3.63, 3.8) is 0 Å². The van der Waals surface area contributed by atoms with Crippen molar-refractivity contribution in [2.24, 2.45) is 0 Å². The molecule has 0 unspecified atom stereocenters. The Bertz CT molecular complexity index is 732. The largest absolute Gasteiger partial charge is 0.495 e. The fourth-order valence-corrected chi connectivity index (χ4v) is 2.66. The van der Waals surface area contributed by atoms with Gasteiger partial charge in [-0.25, -0.2) is 17.2 Å². The van der Waals surface area contributed by atoms with Crippen molar-refractivity contribution in [3.05, 3.63) is 54.1 Å². The summed E-state index contributed by atoms with van der Waals surface area (Å²) in [5, 5.41) is 0. The first-order chi connectivity index (χ1) is 9.44. The molecule has 106 valence electrons. The monoisotopic (exact) mass is 299 g/mol. The fraction of sp³-hybridized carbons (Fsp3) is 0.0769. The van der Waals surface area contributed by atoms with E-state index in [0.717, 1.165) is 12.1 Å². The molecule has 0 bridgehead atoms. The zero-order valence-electron chi connectivity index (χ0n) is 10.4. The maximum atomic E-state index is 13.1. The molecule has 7 heteroatoms. The summed E-state index contributed by atoms with van der Waals surface area (Å²) >= 11 is 0. The average molecular weight is 299 g/mol. The number of ether oxygens (including phenoxy) is 1. The van der Waals surface area contributed by atoms with Crippen LogP contribution >= 0.6 is 0 Å². The second-order valence-corrected chi connectivity index (χ2v) is 5.56. The molecule has 0 saturated heterocycles. The Morgan fingerprint density at radius 1 is 1.05 bits per heavy atom. The molecule has 0 fully saturated rings. The van der Waals surface area contributed by atoms with Gasteiger partial charge in [-0.3, -0.25) is 4.72 Å². The Kier molecular flexibility index (Phi) is 3.89. The van der Waals surface area contributed by atoms with Crippen LogP contribution < -0.4 is 9.46 Å². The molecule has 0 spiro atoms. The SMILES string of the molecule is COc1ccccc1NS(=O)(=O)c1ccc(F)c(F)c1. The van der Waals surface area contributed by atoms with Gasteiger partial charge in [0, 0.05) is 0 Å². The minimum Gasteiger partial charge on any atom is -0.495 e. The van der Waals surface area contributed by atoms with Gasteiger partial charge in [0.2, 0.25) is 0 Å². The van der Waals surface area contributed by atoms with Crippen molar-refractivity contribution in [3.8, 4) is 5.75 Å². The zero-order valence-corrected chi connectivity index (χ0v) is 11.2. The van der Waals surface area contributed by atoms with Gasteiger partial charge in [0.1, 0.15) is 5.75 Å². The van der Waals surface area contributed by atoms with E-state index in [1.165, 1.54) is 13.2 Å². The molecule has 4 nitrogen and oxygen atoms in total. The van der Waals surface area contributed by atoms with Gasteiger partial charge in [-0.05, 0) is 30.3 Å². The van der Waals surface area contributed by atoms with Gasteiger partial charge >= 0.3 is 0 Å². The van der Waals surface area contributed by atoms with Gasteiger partial charge in [-0.15, -0.1) is 0 Å². The third-order valence-electron chi connectivity index (χ3n) is 2.55. The lowest BCUT2D eigenvalue weighted by atomic mass is 10.3. The van der Waals surface area contributed by atoms with Crippen LogP contribution in [-0.4, -0.2) is 15.5 Å². The Morgan fingerprint density at radius 2 is 1.75 bits per heavy atom. The molecule has 20 heavy (non-hydrogen) atoms. The van der Waals surface area contributed by atoms with Crippen molar-refractivity contribution in [2.45, 2.75) is 4.90 Å². The second-order valence-electron chi connectivity index (χ2n) is 3.88. The number of hydrogen-bond acceptors (Lipinski definition) is 3. The maximum absolute atomic E-state index is 13.1. The molecular formula is C13H11F2NO3S. The second kappa shape index (κ2) is 5.46. The molecule has 1 N–H and O–H groups in total. The molecule has 0 aromatic heterocycles. The van der Waals surface area contributed by atoms with Crippen molar-refractivity contribution in [1.82, 2.24) is 0 Å². The summed E-state index contributed by atoms with van der Waals surface area (Å²) < 4.78 is 57.3. The van der Waals surface area contributed by atoms with Gasteiger partial charge < -0.3 is 4.74 Å². The van der Waals surface area contributed by atoms with E-state index in [-0.39, 0.29) is 10.6 Å². The summed E-state index contributed by atoms with van der Waals surface area (Å²) in [5.41, 5.74) is 0.208. The lowest BCUT2D eigenvalue weighted by Crippen LogP contribution is -2.14. The number of hydrogen-bond donors (Lipinski definition) is 1. The van der Waals surface area contributed by atoms with E-state index >= 15 is 0 Å². The minimum absolute atomic E-state index is 0.208. The topological polar surface area (TPSA) is 55.4 Å². The van der Waals surface area contributed by atoms with E-state index in [1.807, 2.05) is 0 Å². The molecule has 0 saturated carbocycles. The molecule has 2 aromatic carbocycles. The standard InChI is InChI=1S/C13H11F2NO3S/c1-19-13-5-3-2-4-12(13)16-20(17,18)9-6-7-10(14)11(15)8-9/h2-8,16H,1H3. The Hall–Kier alpha value is -2.15. The third-order valence-corrected chi connectivity index (χ3v) is 3.92. The van der Waals surface area contributed by atoms with E-state index in [4.69, 9.17) is 4.74 Å². The highest BCUT2D eigenvalue weighted by molar-refractivity contribution is 7.92. The number of para-hydroxylation sites is 2. The lowest BCUT2D eigenvalue weighted by molar-refractivity contribution is 0.417. The van der Waals surface area contributed by atoms with E-state index in [9.17, 15) is 17.2 Å².